The summed E-state index contributed by atoms with van der Waals surface area (Å²) in [6.07, 6.45) is 10.3. The molecule has 0 radical (unpaired) electrons. The van der Waals surface area contributed by atoms with Gasteiger partial charge in [0.05, 0.1) is 0 Å². The first-order valence-electron chi connectivity index (χ1n) is 8.89. The van der Waals surface area contributed by atoms with Gasteiger partial charge in [-0.25, -0.2) is 6.08 Å². The van der Waals surface area contributed by atoms with Gasteiger partial charge in [-0.15, -0.1) is 6.42 Å². The molecule has 0 saturated heterocycles. The Morgan fingerprint density at radius 2 is 1.65 bits per heavy atom. The first kappa shape index (κ1) is 24.6. The molecule has 0 aliphatic heterocycles. The van der Waals surface area contributed by atoms with Crippen molar-refractivity contribution >= 4 is 3.81 Å². The molecule has 0 spiro atoms. The molecule has 139 valence electrons. The average molecular weight is 385 g/mol. The Morgan fingerprint density at radius 3 is 2.00 bits per heavy atom. The Balaban J connectivity index is 0.000000416. The van der Waals surface area contributed by atoms with Crippen LogP contribution in [0.15, 0.2) is 72.0 Å². The standard InChI is InChI=1S/C12H14O.C9H13.C3H6.Ti/c1-4-10(2)11(3)13-12-8-6-5-7-9-12;1-9(2,3)8-6-4-5-7-8;1-3-2;/h4-9H,1H2,2-3H3;6-7H,4H2,1-3H3;1-2H3;/q;-1;;+1. The van der Waals surface area contributed by atoms with Crippen LogP contribution >= 0.6 is 0 Å². The van der Waals surface area contributed by atoms with Gasteiger partial charge in [-0.1, -0.05) is 57.0 Å². The normalized spacial score (nSPS) is 13.3. The summed E-state index contributed by atoms with van der Waals surface area (Å²) >= 11 is 2.08. The summed E-state index contributed by atoms with van der Waals surface area (Å²) < 4.78 is 6.99. The molecule has 0 heterocycles. The molecule has 1 aromatic carbocycles. The van der Waals surface area contributed by atoms with Crippen LogP contribution < -0.4 is 4.74 Å². The summed E-state index contributed by atoms with van der Waals surface area (Å²) in [7, 11) is 0. The summed E-state index contributed by atoms with van der Waals surface area (Å²) in [5, 5.41) is 0. The van der Waals surface area contributed by atoms with Gasteiger partial charge in [-0.2, -0.15) is 11.6 Å². The Labute approximate surface area is 172 Å². The number of rotatable bonds is 3. The molecule has 1 nitrogen and oxygen atoms in total. The molecule has 0 amide bonds. The van der Waals surface area contributed by atoms with Crippen LogP contribution in [-0.2, 0) is 20.0 Å². The first-order chi connectivity index (χ1) is 12.1. The van der Waals surface area contributed by atoms with Crippen molar-refractivity contribution in [2.45, 2.75) is 54.9 Å². The van der Waals surface area contributed by atoms with Gasteiger partial charge < -0.3 is 4.74 Å². The van der Waals surface area contributed by atoms with E-state index in [4.69, 9.17) is 4.74 Å². The van der Waals surface area contributed by atoms with Crippen molar-refractivity contribution < 1.29 is 24.7 Å². The van der Waals surface area contributed by atoms with Crippen molar-refractivity contribution in [3.63, 3.8) is 0 Å². The van der Waals surface area contributed by atoms with Gasteiger partial charge >= 0.3 is 37.6 Å². The molecule has 0 aromatic heterocycles. The van der Waals surface area contributed by atoms with Crippen molar-refractivity contribution in [2.75, 3.05) is 0 Å². The Kier molecular flexibility index (Phi) is 12.1. The second-order valence-corrected chi connectivity index (χ2v) is 8.88. The summed E-state index contributed by atoms with van der Waals surface area (Å²) in [5.74, 6) is 1.75. The predicted octanol–water partition coefficient (Wildman–Crippen LogP) is 7.01. The zero-order chi connectivity index (χ0) is 20.2. The maximum atomic E-state index is 5.58. The van der Waals surface area contributed by atoms with Crippen molar-refractivity contribution in [3.05, 3.63) is 78.1 Å². The molecule has 0 saturated carbocycles. The van der Waals surface area contributed by atoms with Crippen molar-refractivity contribution in [2.24, 2.45) is 5.41 Å². The fraction of sp³-hybridized carbons (Fsp3) is 0.375. The molecule has 26 heavy (non-hydrogen) atoms. The molecule has 1 aliphatic rings. The SMILES string of the molecule is C=CC(C)=C(C)Oc1ccccc1.CC(C)(C)C1=CC[C-]=C1.C[C](C)=[Ti+]. The van der Waals surface area contributed by atoms with E-state index >= 15 is 0 Å². The molecule has 1 aromatic rings. The minimum absolute atomic E-state index is 0.323. The zero-order valence-electron chi connectivity index (χ0n) is 17.4. The van der Waals surface area contributed by atoms with Gasteiger partial charge in [0, 0.05) is 0 Å². The fourth-order valence-corrected chi connectivity index (χ4v) is 1.81. The topological polar surface area (TPSA) is 9.23 Å². The van der Waals surface area contributed by atoms with Crippen LogP contribution in [-0.4, -0.2) is 3.81 Å². The molecular weight excluding hydrogens is 352 g/mol. The van der Waals surface area contributed by atoms with Crippen LogP contribution in [0.25, 0.3) is 0 Å². The third-order valence-electron chi connectivity index (χ3n) is 3.44. The van der Waals surface area contributed by atoms with Crippen LogP contribution in [0.2, 0.25) is 0 Å². The van der Waals surface area contributed by atoms with Crippen LogP contribution in [0.4, 0.5) is 0 Å². The molecule has 2 heteroatoms. The molecule has 0 N–H and O–H groups in total. The third kappa shape index (κ3) is 12.0. The van der Waals surface area contributed by atoms with E-state index in [0.717, 1.165) is 23.5 Å². The summed E-state index contributed by atoms with van der Waals surface area (Å²) in [4.78, 5) is 0. The number of hydrogen-bond acceptors (Lipinski definition) is 1. The first-order valence-corrected chi connectivity index (χ1v) is 9.67. The van der Waals surface area contributed by atoms with Gasteiger partial charge in [0.2, 0.25) is 0 Å². The van der Waals surface area contributed by atoms with Crippen molar-refractivity contribution in [1.29, 1.82) is 0 Å². The second kappa shape index (κ2) is 12.8. The van der Waals surface area contributed by atoms with Gasteiger partial charge in [0.15, 0.2) is 0 Å². The monoisotopic (exact) mass is 385 g/mol. The molecule has 0 atom stereocenters. The quantitative estimate of drug-likeness (QED) is 0.235. The van der Waals surface area contributed by atoms with Crippen LogP contribution in [0.5, 0.6) is 5.75 Å². The molecule has 0 unspecified atom stereocenters. The van der Waals surface area contributed by atoms with E-state index in [9.17, 15) is 0 Å². The number of para-hydroxylation sites is 1. The van der Waals surface area contributed by atoms with E-state index in [2.05, 4.69) is 79.4 Å². The Hall–Kier alpha value is -1.44. The number of ether oxygens (including phenoxy) is 1. The van der Waals surface area contributed by atoms with E-state index in [0.29, 0.717) is 5.41 Å². The van der Waals surface area contributed by atoms with Crippen LogP contribution in [0.1, 0.15) is 54.9 Å². The molecule has 2 rings (SSSR count). The molecule has 0 bridgehead atoms. The number of allylic oxidation sites excluding steroid dienone is 7. The Morgan fingerprint density at radius 1 is 1.12 bits per heavy atom. The van der Waals surface area contributed by atoms with Gasteiger partial charge in [0.1, 0.15) is 11.5 Å². The second-order valence-electron chi connectivity index (χ2n) is 7.32. The van der Waals surface area contributed by atoms with E-state index < -0.39 is 0 Å². The fourth-order valence-electron chi connectivity index (χ4n) is 1.81. The van der Waals surface area contributed by atoms with E-state index in [1.54, 1.807) is 6.08 Å². The summed E-state index contributed by atoms with van der Waals surface area (Å²) in [6, 6.07) is 9.73. The molecule has 0 fully saturated rings. The summed E-state index contributed by atoms with van der Waals surface area (Å²) in [6.45, 7) is 18.4. The maximum absolute atomic E-state index is 5.58. The predicted molar refractivity (Wildman–Crippen MR) is 112 cm³/mol. The van der Waals surface area contributed by atoms with E-state index in [1.807, 2.05) is 44.2 Å². The zero-order valence-corrected chi connectivity index (χ0v) is 19.0. The van der Waals surface area contributed by atoms with E-state index in [-0.39, 0.29) is 0 Å². The van der Waals surface area contributed by atoms with Crippen molar-refractivity contribution in [1.82, 2.24) is 0 Å². The summed E-state index contributed by atoms with van der Waals surface area (Å²) in [5.41, 5.74) is 2.80. The molecule has 1 aliphatic carbocycles. The van der Waals surface area contributed by atoms with Gasteiger partial charge in [-0.3, -0.25) is 6.08 Å². The Bertz CT molecular complexity index is 651. The third-order valence-corrected chi connectivity index (χ3v) is 3.44. The molecular formula is C24H33OTi. The van der Waals surface area contributed by atoms with Crippen LogP contribution in [0, 0.1) is 11.5 Å². The average Bonchev–Trinajstić information content (AvgIpc) is 3.10. The van der Waals surface area contributed by atoms with Crippen LogP contribution in [0.3, 0.4) is 0 Å². The van der Waals surface area contributed by atoms with Gasteiger partial charge in [-0.05, 0) is 31.6 Å². The van der Waals surface area contributed by atoms with Crippen molar-refractivity contribution in [3.8, 4) is 5.75 Å². The number of hydrogen-bond donors (Lipinski definition) is 0. The number of benzene rings is 1. The van der Waals surface area contributed by atoms with E-state index in [1.165, 1.54) is 9.38 Å². The van der Waals surface area contributed by atoms with Gasteiger partial charge in [0.25, 0.3) is 0 Å². The minimum atomic E-state index is 0.323.